The van der Waals surface area contributed by atoms with Gasteiger partial charge in [-0.05, 0) is 49.6 Å². The number of hydrogen-bond donors (Lipinski definition) is 1. The van der Waals surface area contributed by atoms with E-state index >= 15 is 0 Å². The van der Waals surface area contributed by atoms with E-state index < -0.39 is 0 Å². The second-order valence-corrected chi connectivity index (χ2v) is 7.46. The van der Waals surface area contributed by atoms with E-state index in [0.717, 1.165) is 11.8 Å². The third kappa shape index (κ3) is 6.78. The van der Waals surface area contributed by atoms with Crippen LogP contribution >= 0.6 is 0 Å². The topological polar surface area (TPSA) is 12.0 Å². The Bertz CT molecular complexity index is 198. The first-order chi connectivity index (χ1) is 8.53. The highest BCUT2D eigenvalue weighted by Gasteiger charge is 2.24. The highest BCUT2D eigenvalue weighted by atomic mass is 14.9. The van der Waals surface area contributed by atoms with E-state index in [4.69, 9.17) is 0 Å². The van der Waals surface area contributed by atoms with E-state index in [1.54, 1.807) is 0 Å². The molecule has 18 heavy (non-hydrogen) atoms. The lowest BCUT2D eigenvalue weighted by molar-refractivity contribution is 0.272. The summed E-state index contributed by atoms with van der Waals surface area (Å²) >= 11 is 0. The first kappa shape index (κ1) is 16.0. The molecule has 0 heterocycles. The Kier molecular flexibility index (Phi) is 7.29. The molecule has 108 valence electrons. The predicted octanol–water partition coefficient (Wildman–Crippen LogP) is 5.01. The smallest absolute Gasteiger partial charge is 0.00179 e. The summed E-state index contributed by atoms with van der Waals surface area (Å²) in [5, 5.41) is 3.66. The lowest BCUT2D eigenvalue weighted by Gasteiger charge is -2.26. The van der Waals surface area contributed by atoms with Crippen molar-refractivity contribution >= 4 is 0 Å². The lowest BCUT2D eigenvalue weighted by atomic mass is 9.83. The van der Waals surface area contributed by atoms with Crippen LogP contribution in [0.25, 0.3) is 0 Å². The van der Waals surface area contributed by atoms with Crippen LogP contribution in [0.15, 0.2) is 0 Å². The summed E-state index contributed by atoms with van der Waals surface area (Å²) < 4.78 is 0. The van der Waals surface area contributed by atoms with Gasteiger partial charge in [0.1, 0.15) is 0 Å². The first-order valence-corrected chi connectivity index (χ1v) is 8.23. The Labute approximate surface area is 115 Å². The molecule has 1 nitrogen and oxygen atoms in total. The normalized spacial score (nSPS) is 19.3. The molecule has 1 N–H and O–H groups in total. The van der Waals surface area contributed by atoms with Crippen LogP contribution in [0.5, 0.6) is 0 Å². The molecule has 0 amide bonds. The van der Waals surface area contributed by atoms with Gasteiger partial charge in [0.25, 0.3) is 0 Å². The van der Waals surface area contributed by atoms with Gasteiger partial charge in [0.2, 0.25) is 0 Å². The quantitative estimate of drug-likeness (QED) is 0.600. The first-order valence-electron chi connectivity index (χ1n) is 8.23. The third-order valence-electron chi connectivity index (χ3n) is 4.40. The second kappa shape index (κ2) is 8.19. The largest absolute Gasteiger partial charge is 0.316 e. The highest BCUT2D eigenvalue weighted by molar-refractivity contribution is 4.78. The molecule has 0 radical (unpaired) electrons. The number of hydrogen-bond acceptors (Lipinski definition) is 1. The summed E-state index contributed by atoms with van der Waals surface area (Å²) in [6.45, 7) is 11.8. The van der Waals surface area contributed by atoms with Gasteiger partial charge in [-0.3, -0.25) is 0 Å². The SMILES string of the molecule is CCCNCC(CCCC(C)(C)C)C1CCCC1. The van der Waals surface area contributed by atoms with Gasteiger partial charge in [0.05, 0.1) is 0 Å². The van der Waals surface area contributed by atoms with Gasteiger partial charge in [-0.2, -0.15) is 0 Å². The summed E-state index contributed by atoms with van der Waals surface area (Å²) in [4.78, 5) is 0. The van der Waals surface area contributed by atoms with Crippen molar-refractivity contribution in [2.24, 2.45) is 17.3 Å². The summed E-state index contributed by atoms with van der Waals surface area (Å²) in [5.41, 5.74) is 0.511. The van der Waals surface area contributed by atoms with E-state index in [0.29, 0.717) is 5.41 Å². The van der Waals surface area contributed by atoms with Crippen molar-refractivity contribution < 1.29 is 0 Å². The molecular formula is C17H35N. The molecule has 1 rings (SSSR count). The van der Waals surface area contributed by atoms with Crippen molar-refractivity contribution in [3.8, 4) is 0 Å². The zero-order valence-electron chi connectivity index (χ0n) is 13.2. The van der Waals surface area contributed by atoms with E-state index in [2.05, 4.69) is 33.0 Å². The summed E-state index contributed by atoms with van der Waals surface area (Å²) in [6, 6.07) is 0. The Morgan fingerprint density at radius 1 is 1.17 bits per heavy atom. The lowest BCUT2D eigenvalue weighted by Crippen LogP contribution is -2.28. The molecule has 0 aromatic rings. The highest BCUT2D eigenvalue weighted by Crippen LogP contribution is 2.34. The third-order valence-corrected chi connectivity index (χ3v) is 4.40. The Morgan fingerprint density at radius 3 is 2.39 bits per heavy atom. The molecule has 0 bridgehead atoms. The monoisotopic (exact) mass is 253 g/mol. The van der Waals surface area contributed by atoms with Crippen LogP contribution < -0.4 is 5.32 Å². The van der Waals surface area contributed by atoms with Crippen LogP contribution in [0.2, 0.25) is 0 Å². The Hall–Kier alpha value is -0.0400. The number of rotatable bonds is 8. The van der Waals surface area contributed by atoms with Crippen LogP contribution in [0.4, 0.5) is 0 Å². The standard InChI is InChI=1S/C17H35N/c1-5-13-18-14-16(15-9-6-7-10-15)11-8-12-17(2,3)4/h15-16,18H,5-14H2,1-4H3. The van der Waals surface area contributed by atoms with Crippen LogP contribution in [-0.2, 0) is 0 Å². The molecular weight excluding hydrogens is 218 g/mol. The van der Waals surface area contributed by atoms with Gasteiger partial charge in [0, 0.05) is 0 Å². The summed E-state index contributed by atoms with van der Waals surface area (Å²) in [7, 11) is 0. The molecule has 1 atom stereocenters. The average molecular weight is 253 g/mol. The van der Waals surface area contributed by atoms with Crippen LogP contribution in [0.1, 0.15) is 79.1 Å². The minimum absolute atomic E-state index is 0.511. The van der Waals surface area contributed by atoms with Gasteiger partial charge in [-0.25, -0.2) is 0 Å². The van der Waals surface area contributed by atoms with E-state index in [9.17, 15) is 0 Å². The van der Waals surface area contributed by atoms with Gasteiger partial charge in [-0.15, -0.1) is 0 Å². The van der Waals surface area contributed by atoms with Crippen molar-refractivity contribution in [3.63, 3.8) is 0 Å². The van der Waals surface area contributed by atoms with Crippen LogP contribution in [0.3, 0.4) is 0 Å². The second-order valence-electron chi connectivity index (χ2n) is 7.46. The van der Waals surface area contributed by atoms with Gasteiger partial charge in [-0.1, -0.05) is 59.8 Å². The molecule has 1 saturated carbocycles. The zero-order chi connectivity index (χ0) is 13.4. The molecule has 1 aliphatic carbocycles. The van der Waals surface area contributed by atoms with Gasteiger partial charge < -0.3 is 5.32 Å². The average Bonchev–Trinajstić information content (AvgIpc) is 2.79. The van der Waals surface area contributed by atoms with Crippen molar-refractivity contribution in [3.05, 3.63) is 0 Å². The predicted molar refractivity (Wildman–Crippen MR) is 81.9 cm³/mol. The fourth-order valence-corrected chi connectivity index (χ4v) is 3.29. The van der Waals surface area contributed by atoms with Crippen LogP contribution in [-0.4, -0.2) is 13.1 Å². The van der Waals surface area contributed by atoms with Crippen LogP contribution in [0, 0.1) is 17.3 Å². The molecule has 0 aliphatic heterocycles. The van der Waals surface area contributed by atoms with Crippen molar-refractivity contribution in [2.45, 2.75) is 79.1 Å². The summed E-state index contributed by atoms with van der Waals surface area (Å²) in [6.07, 6.45) is 11.4. The molecule has 0 spiro atoms. The van der Waals surface area contributed by atoms with E-state index in [1.165, 1.54) is 64.5 Å². The molecule has 1 fully saturated rings. The molecule has 1 aliphatic rings. The van der Waals surface area contributed by atoms with Crippen molar-refractivity contribution in [1.82, 2.24) is 5.32 Å². The Balaban J connectivity index is 2.29. The fraction of sp³-hybridized carbons (Fsp3) is 1.00. The minimum Gasteiger partial charge on any atom is -0.316 e. The summed E-state index contributed by atoms with van der Waals surface area (Å²) in [5.74, 6) is 1.97. The molecule has 0 saturated heterocycles. The van der Waals surface area contributed by atoms with E-state index in [-0.39, 0.29) is 0 Å². The van der Waals surface area contributed by atoms with Gasteiger partial charge in [0.15, 0.2) is 0 Å². The van der Waals surface area contributed by atoms with Crippen molar-refractivity contribution in [1.29, 1.82) is 0 Å². The van der Waals surface area contributed by atoms with E-state index in [1.807, 2.05) is 0 Å². The zero-order valence-corrected chi connectivity index (χ0v) is 13.2. The van der Waals surface area contributed by atoms with Crippen molar-refractivity contribution in [2.75, 3.05) is 13.1 Å². The maximum Gasteiger partial charge on any atom is -0.00179 e. The molecule has 0 aromatic heterocycles. The maximum atomic E-state index is 3.66. The molecule has 0 aromatic carbocycles. The van der Waals surface area contributed by atoms with Gasteiger partial charge >= 0.3 is 0 Å². The Morgan fingerprint density at radius 2 is 1.83 bits per heavy atom. The fourth-order valence-electron chi connectivity index (χ4n) is 3.29. The molecule has 1 unspecified atom stereocenters. The minimum atomic E-state index is 0.511. The number of nitrogens with one attached hydrogen (secondary N) is 1. The molecule has 1 heteroatoms. The maximum absolute atomic E-state index is 3.66.